The maximum absolute atomic E-state index is 11.6. The summed E-state index contributed by atoms with van der Waals surface area (Å²) in [6.07, 6.45) is 1.57. The van der Waals surface area contributed by atoms with E-state index < -0.39 is 0 Å². The molecule has 0 atom stereocenters. The SMILES string of the molecule is N#CCC(=O)NCCCNC(=O)CCCOc1ccccc1. The fourth-order valence-corrected chi connectivity index (χ4v) is 1.71. The van der Waals surface area contributed by atoms with E-state index in [1.807, 2.05) is 30.3 Å². The molecule has 0 unspecified atom stereocenters. The van der Waals surface area contributed by atoms with Gasteiger partial charge in [-0.3, -0.25) is 9.59 Å². The Balaban J connectivity index is 1.96. The summed E-state index contributed by atoms with van der Waals surface area (Å²) >= 11 is 0. The molecule has 0 bridgehead atoms. The van der Waals surface area contributed by atoms with Crippen LogP contribution in [0.25, 0.3) is 0 Å². The van der Waals surface area contributed by atoms with Gasteiger partial charge in [-0.05, 0) is 25.0 Å². The molecule has 22 heavy (non-hydrogen) atoms. The Labute approximate surface area is 130 Å². The lowest BCUT2D eigenvalue weighted by atomic mass is 10.3. The first-order chi connectivity index (χ1) is 10.7. The first-order valence-corrected chi connectivity index (χ1v) is 7.30. The molecule has 118 valence electrons. The van der Waals surface area contributed by atoms with Gasteiger partial charge in [0, 0.05) is 19.5 Å². The lowest BCUT2D eigenvalue weighted by molar-refractivity contribution is -0.121. The second kappa shape index (κ2) is 11.1. The summed E-state index contributed by atoms with van der Waals surface area (Å²) in [5, 5.41) is 13.7. The Morgan fingerprint density at radius 2 is 1.73 bits per heavy atom. The van der Waals surface area contributed by atoms with Crippen molar-refractivity contribution in [1.82, 2.24) is 10.6 Å². The van der Waals surface area contributed by atoms with Crippen LogP contribution in [0.2, 0.25) is 0 Å². The summed E-state index contributed by atoms with van der Waals surface area (Å²) in [6, 6.07) is 11.2. The molecule has 0 spiro atoms. The third-order valence-corrected chi connectivity index (χ3v) is 2.80. The molecule has 1 aromatic rings. The molecule has 0 aliphatic rings. The molecule has 2 N–H and O–H groups in total. The van der Waals surface area contributed by atoms with Gasteiger partial charge in [0.25, 0.3) is 0 Å². The van der Waals surface area contributed by atoms with Gasteiger partial charge in [-0.1, -0.05) is 18.2 Å². The predicted octanol–water partition coefficient (Wildman–Crippen LogP) is 1.38. The van der Waals surface area contributed by atoms with Gasteiger partial charge >= 0.3 is 0 Å². The molecule has 0 saturated carbocycles. The molecule has 0 heterocycles. The number of nitrogens with one attached hydrogen (secondary N) is 2. The molecule has 6 nitrogen and oxygen atoms in total. The quantitative estimate of drug-likeness (QED) is 0.639. The Bertz CT molecular complexity index is 497. The van der Waals surface area contributed by atoms with Crippen LogP contribution in [0.15, 0.2) is 30.3 Å². The van der Waals surface area contributed by atoms with Gasteiger partial charge in [0.2, 0.25) is 11.8 Å². The predicted molar refractivity (Wildman–Crippen MR) is 82.0 cm³/mol. The normalized spacial score (nSPS) is 9.59. The van der Waals surface area contributed by atoms with Crippen molar-refractivity contribution in [3.05, 3.63) is 30.3 Å². The molecule has 0 fully saturated rings. The fourth-order valence-electron chi connectivity index (χ4n) is 1.71. The van der Waals surface area contributed by atoms with E-state index in [1.165, 1.54) is 0 Å². The van der Waals surface area contributed by atoms with E-state index in [9.17, 15) is 9.59 Å². The van der Waals surface area contributed by atoms with Crippen LogP contribution in [-0.4, -0.2) is 31.5 Å². The van der Waals surface area contributed by atoms with Crippen molar-refractivity contribution in [2.45, 2.75) is 25.7 Å². The van der Waals surface area contributed by atoms with Crippen molar-refractivity contribution in [1.29, 1.82) is 5.26 Å². The molecule has 1 rings (SSSR count). The van der Waals surface area contributed by atoms with Gasteiger partial charge in [-0.25, -0.2) is 0 Å². The van der Waals surface area contributed by atoms with Crippen molar-refractivity contribution in [3.63, 3.8) is 0 Å². The van der Waals surface area contributed by atoms with Crippen LogP contribution in [0.3, 0.4) is 0 Å². The summed E-state index contributed by atoms with van der Waals surface area (Å²) < 4.78 is 5.49. The van der Waals surface area contributed by atoms with E-state index in [4.69, 9.17) is 10.00 Å². The number of rotatable bonds is 10. The molecule has 0 aromatic heterocycles. The molecule has 0 aliphatic heterocycles. The van der Waals surface area contributed by atoms with Crippen molar-refractivity contribution in [2.75, 3.05) is 19.7 Å². The molecule has 0 aliphatic carbocycles. The van der Waals surface area contributed by atoms with Gasteiger partial charge in [0.05, 0.1) is 12.7 Å². The fraction of sp³-hybridized carbons (Fsp3) is 0.438. The topological polar surface area (TPSA) is 91.2 Å². The third-order valence-electron chi connectivity index (χ3n) is 2.80. The largest absolute Gasteiger partial charge is 0.494 e. The van der Waals surface area contributed by atoms with Crippen molar-refractivity contribution in [2.24, 2.45) is 0 Å². The number of nitriles is 1. The lowest BCUT2D eigenvalue weighted by Gasteiger charge is -2.07. The molecular weight excluding hydrogens is 282 g/mol. The van der Waals surface area contributed by atoms with E-state index in [-0.39, 0.29) is 18.2 Å². The number of ether oxygens (including phenoxy) is 1. The number of hydrogen-bond acceptors (Lipinski definition) is 4. The number of hydrogen-bond donors (Lipinski definition) is 2. The zero-order chi connectivity index (χ0) is 16.0. The molecule has 6 heteroatoms. The Hall–Kier alpha value is -2.55. The second-order valence-corrected chi connectivity index (χ2v) is 4.65. The Morgan fingerprint density at radius 1 is 1.05 bits per heavy atom. The van der Waals surface area contributed by atoms with Crippen molar-refractivity contribution < 1.29 is 14.3 Å². The highest BCUT2D eigenvalue weighted by Gasteiger charge is 2.02. The maximum atomic E-state index is 11.6. The highest BCUT2D eigenvalue weighted by atomic mass is 16.5. The van der Waals surface area contributed by atoms with Crippen LogP contribution < -0.4 is 15.4 Å². The van der Waals surface area contributed by atoms with Gasteiger partial charge in [0.15, 0.2) is 0 Å². The van der Waals surface area contributed by atoms with E-state index >= 15 is 0 Å². The smallest absolute Gasteiger partial charge is 0.234 e. The summed E-state index contributed by atoms with van der Waals surface area (Å²) in [4.78, 5) is 22.6. The first-order valence-electron chi connectivity index (χ1n) is 7.30. The van der Waals surface area contributed by atoms with Crippen molar-refractivity contribution in [3.8, 4) is 11.8 Å². The highest BCUT2D eigenvalue weighted by molar-refractivity contribution is 5.78. The minimum Gasteiger partial charge on any atom is -0.494 e. The van der Waals surface area contributed by atoms with E-state index in [0.29, 0.717) is 39.0 Å². The highest BCUT2D eigenvalue weighted by Crippen LogP contribution is 2.08. The van der Waals surface area contributed by atoms with Crippen LogP contribution >= 0.6 is 0 Å². The standard InChI is InChI=1S/C16H21N3O3/c17-10-9-16(21)19-12-5-11-18-15(20)8-4-13-22-14-6-2-1-3-7-14/h1-3,6-7H,4-5,8-9,11-13H2,(H,18,20)(H,19,21). The number of carbonyl (C=O) groups is 2. The maximum Gasteiger partial charge on any atom is 0.234 e. The Morgan fingerprint density at radius 3 is 2.41 bits per heavy atom. The van der Waals surface area contributed by atoms with Crippen LogP contribution in [0.5, 0.6) is 5.75 Å². The van der Waals surface area contributed by atoms with Gasteiger partial charge in [-0.15, -0.1) is 0 Å². The average Bonchev–Trinajstić information content (AvgIpc) is 2.52. The number of benzene rings is 1. The third kappa shape index (κ3) is 8.59. The lowest BCUT2D eigenvalue weighted by Crippen LogP contribution is -2.29. The zero-order valence-corrected chi connectivity index (χ0v) is 12.5. The summed E-state index contributed by atoms with van der Waals surface area (Å²) in [7, 11) is 0. The minimum absolute atomic E-state index is 0.0278. The van der Waals surface area contributed by atoms with Crippen LogP contribution in [-0.2, 0) is 9.59 Å². The number of para-hydroxylation sites is 1. The van der Waals surface area contributed by atoms with E-state index in [2.05, 4.69) is 10.6 Å². The number of nitrogens with zero attached hydrogens (tertiary/aromatic N) is 1. The zero-order valence-electron chi connectivity index (χ0n) is 12.5. The molecule has 0 saturated heterocycles. The molecular formula is C16H21N3O3. The Kier molecular flexibility index (Phi) is 8.87. The summed E-state index contributed by atoms with van der Waals surface area (Å²) in [5.41, 5.74) is 0. The van der Waals surface area contributed by atoms with E-state index in [0.717, 1.165) is 5.75 Å². The van der Waals surface area contributed by atoms with Gasteiger partial charge < -0.3 is 15.4 Å². The van der Waals surface area contributed by atoms with Gasteiger partial charge in [0.1, 0.15) is 12.2 Å². The molecule has 1 aromatic carbocycles. The monoisotopic (exact) mass is 303 g/mol. The first kappa shape index (κ1) is 17.5. The van der Waals surface area contributed by atoms with Crippen LogP contribution in [0.4, 0.5) is 0 Å². The number of amides is 2. The number of carbonyl (C=O) groups excluding carboxylic acids is 2. The van der Waals surface area contributed by atoms with Crippen molar-refractivity contribution >= 4 is 11.8 Å². The average molecular weight is 303 g/mol. The summed E-state index contributed by atoms with van der Waals surface area (Å²) in [5.74, 6) is 0.489. The minimum atomic E-state index is -0.285. The van der Waals surface area contributed by atoms with Crippen LogP contribution in [0, 0.1) is 11.3 Å². The van der Waals surface area contributed by atoms with Crippen LogP contribution in [0.1, 0.15) is 25.7 Å². The van der Waals surface area contributed by atoms with E-state index in [1.54, 1.807) is 6.07 Å². The second-order valence-electron chi connectivity index (χ2n) is 4.65. The molecule has 0 radical (unpaired) electrons. The summed E-state index contributed by atoms with van der Waals surface area (Å²) in [6.45, 7) is 1.46. The van der Waals surface area contributed by atoms with Gasteiger partial charge in [-0.2, -0.15) is 5.26 Å². The molecule has 2 amide bonds.